The summed E-state index contributed by atoms with van der Waals surface area (Å²) >= 11 is 0. The Bertz CT molecular complexity index is 1060. The van der Waals surface area contributed by atoms with Gasteiger partial charge in [0, 0.05) is 0 Å². The zero-order chi connectivity index (χ0) is 29.2. The van der Waals surface area contributed by atoms with Crippen LogP contribution in [0.25, 0.3) is 0 Å². The summed E-state index contributed by atoms with van der Waals surface area (Å²) in [6, 6.07) is 24.2. The predicted molar refractivity (Wildman–Crippen MR) is 163 cm³/mol. The molecule has 0 spiro atoms. The van der Waals surface area contributed by atoms with Crippen molar-refractivity contribution in [1.82, 2.24) is 0 Å². The molecule has 3 aromatic carbocycles. The molecule has 40 heavy (non-hydrogen) atoms. The quantitative estimate of drug-likeness (QED) is 0.112. The maximum absolute atomic E-state index is 10.6. The first-order valence-corrected chi connectivity index (χ1v) is 16.9. The monoisotopic (exact) mass is 592 g/mol. The molecule has 0 aliphatic rings. The van der Waals surface area contributed by atoms with Crippen molar-refractivity contribution in [3.8, 4) is 17.2 Å². The molecule has 9 heteroatoms. The third-order valence-electron chi connectivity index (χ3n) is 5.86. The van der Waals surface area contributed by atoms with Crippen molar-refractivity contribution in [2.45, 2.75) is 59.3 Å². The summed E-state index contributed by atoms with van der Waals surface area (Å²) in [6.45, 7) is 8.86. The topological polar surface area (TPSA) is 84.9 Å². The summed E-state index contributed by atoms with van der Waals surface area (Å²) < 4.78 is 55.5. The van der Waals surface area contributed by atoms with E-state index in [4.69, 9.17) is 27.2 Å². The lowest BCUT2D eigenvalue weighted by molar-refractivity contribution is 0.309. The standard InChI is InChI=1S/C30H39O3P.CH3FO3S/c1-4-7-22-31-25-10-16-28(17-11-25)34(29-18-12-26(13-19-29)32-23-8-5-2)30-20-14-27(15-21-30)33-24-9-6-3;2-1-6(3,4)5/h10-21H,4-9,22-24H2,1-3H3;1H2,(H,3,4,5). The lowest BCUT2D eigenvalue weighted by Crippen LogP contribution is -2.20. The van der Waals surface area contributed by atoms with Gasteiger partial charge in [0.25, 0.3) is 0 Å². The van der Waals surface area contributed by atoms with Crippen LogP contribution in [0.3, 0.4) is 0 Å². The van der Waals surface area contributed by atoms with Crippen LogP contribution in [0.5, 0.6) is 17.2 Å². The summed E-state index contributed by atoms with van der Waals surface area (Å²) in [5, 5.41) is 4.02. The fraction of sp³-hybridized carbons (Fsp3) is 0.419. The largest absolute Gasteiger partial charge is 0.746 e. The zero-order valence-electron chi connectivity index (χ0n) is 23.7. The molecule has 0 saturated carbocycles. The minimum absolute atomic E-state index is 0.770. The maximum Gasteiger partial charge on any atom is 0.179 e. The molecule has 0 aromatic heterocycles. The van der Waals surface area contributed by atoms with Gasteiger partial charge >= 0.3 is 0 Å². The first-order valence-electron chi connectivity index (χ1n) is 13.9. The Morgan fingerprint density at radius 1 is 0.600 bits per heavy atom. The molecule has 0 heterocycles. The van der Waals surface area contributed by atoms with Gasteiger partial charge in [-0.05, 0) is 92.1 Å². The molecule has 0 N–H and O–H groups in total. The van der Waals surface area contributed by atoms with Crippen molar-refractivity contribution in [1.29, 1.82) is 0 Å². The Morgan fingerprint density at radius 3 is 1.05 bits per heavy atom. The molecule has 0 unspecified atom stereocenters. The minimum Gasteiger partial charge on any atom is -0.746 e. The second-order valence-corrected chi connectivity index (χ2v) is 13.0. The predicted octanol–water partition coefficient (Wildman–Crippen LogP) is 6.17. The second kappa shape index (κ2) is 18.6. The Morgan fingerprint density at radius 2 is 0.850 bits per heavy atom. The van der Waals surface area contributed by atoms with Gasteiger partial charge < -0.3 is 18.8 Å². The summed E-state index contributed by atoms with van der Waals surface area (Å²) in [4.78, 5) is 0. The fourth-order valence-electron chi connectivity index (χ4n) is 3.66. The summed E-state index contributed by atoms with van der Waals surface area (Å²) in [5.41, 5.74) is 0. The SMILES string of the molecule is CCCCOc1ccc([PH+](c2ccc(OCCCC)cc2)c2ccc(OCCCC)cc2)cc1.O=S(=O)([O-])CF. The molecule has 0 bridgehead atoms. The van der Waals surface area contributed by atoms with Crippen molar-refractivity contribution in [2.75, 3.05) is 25.8 Å². The van der Waals surface area contributed by atoms with E-state index in [0.29, 0.717) is 0 Å². The van der Waals surface area contributed by atoms with Crippen LogP contribution in [-0.2, 0) is 10.1 Å². The summed E-state index contributed by atoms with van der Waals surface area (Å²) in [6.07, 6.45) is 6.66. The lowest BCUT2D eigenvalue weighted by Gasteiger charge is -2.13. The Balaban J connectivity index is 0.000000840. The number of alkyl halides is 1. The summed E-state index contributed by atoms with van der Waals surface area (Å²) in [5.74, 6) is 2.83. The van der Waals surface area contributed by atoms with Gasteiger partial charge in [-0.1, -0.05) is 40.0 Å². The fourth-order valence-corrected chi connectivity index (χ4v) is 6.16. The van der Waals surface area contributed by atoms with Crippen LogP contribution in [0.4, 0.5) is 4.39 Å². The van der Waals surface area contributed by atoms with Crippen LogP contribution >= 0.6 is 7.92 Å². The van der Waals surface area contributed by atoms with Gasteiger partial charge in [0.1, 0.15) is 43.3 Å². The highest BCUT2D eigenvalue weighted by Gasteiger charge is 2.26. The molecule has 0 atom stereocenters. The molecule has 0 aliphatic heterocycles. The third-order valence-corrected chi connectivity index (χ3v) is 8.86. The number of halogens is 1. The van der Waals surface area contributed by atoms with Gasteiger partial charge in [0.05, 0.1) is 27.7 Å². The lowest BCUT2D eigenvalue weighted by atomic mass is 10.3. The molecule has 0 radical (unpaired) electrons. The van der Waals surface area contributed by atoms with E-state index in [1.807, 2.05) is 0 Å². The van der Waals surface area contributed by atoms with E-state index < -0.39 is 24.0 Å². The highest BCUT2D eigenvalue weighted by molar-refractivity contribution is 7.85. The van der Waals surface area contributed by atoms with Crippen molar-refractivity contribution < 1.29 is 31.6 Å². The van der Waals surface area contributed by atoms with Gasteiger partial charge in [-0.2, -0.15) is 0 Å². The summed E-state index contributed by atoms with van der Waals surface area (Å²) in [7, 11) is -5.75. The van der Waals surface area contributed by atoms with Gasteiger partial charge in [-0.15, -0.1) is 0 Å². The van der Waals surface area contributed by atoms with E-state index in [9.17, 15) is 4.39 Å². The second-order valence-electron chi connectivity index (χ2n) is 9.22. The molecular formula is C31H42FO6PS. The van der Waals surface area contributed by atoms with Crippen LogP contribution in [0.2, 0.25) is 0 Å². The van der Waals surface area contributed by atoms with E-state index in [1.54, 1.807) is 0 Å². The van der Waals surface area contributed by atoms with Crippen molar-refractivity contribution in [3.05, 3.63) is 72.8 Å². The third kappa shape index (κ3) is 12.7. The highest BCUT2D eigenvalue weighted by Crippen LogP contribution is 2.34. The van der Waals surface area contributed by atoms with Gasteiger partial charge in [0.15, 0.2) is 6.01 Å². The number of rotatable bonds is 16. The first kappa shape index (κ1) is 33.5. The van der Waals surface area contributed by atoms with E-state index in [0.717, 1.165) is 75.6 Å². The van der Waals surface area contributed by atoms with Crippen molar-refractivity contribution in [2.24, 2.45) is 0 Å². The van der Waals surface area contributed by atoms with Gasteiger partial charge in [-0.25, -0.2) is 12.8 Å². The average molecular weight is 593 g/mol. The van der Waals surface area contributed by atoms with E-state index in [2.05, 4.69) is 93.6 Å². The highest BCUT2D eigenvalue weighted by atomic mass is 32.2. The Labute approximate surface area is 240 Å². The smallest absolute Gasteiger partial charge is 0.179 e. The molecule has 0 amide bonds. The molecule has 0 fully saturated rings. The van der Waals surface area contributed by atoms with E-state index in [1.165, 1.54) is 15.9 Å². The maximum atomic E-state index is 10.6. The van der Waals surface area contributed by atoms with Crippen LogP contribution < -0.4 is 30.1 Å². The molecule has 0 saturated heterocycles. The van der Waals surface area contributed by atoms with Crippen LogP contribution in [-0.4, -0.2) is 38.8 Å². The zero-order valence-corrected chi connectivity index (χ0v) is 25.6. The Kier molecular flexibility index (Phi) is 15.6. The van der Waals surface area contributed by atoms with E-state index >= 15 is 0 Å². The van der Waals surface area contributed by atoms with Crippen LogP contribution in [0, 0.1) is 0 Å². The molecule has 0 aliphatic carbocycles. The Hall–Kier alpha value is -2.67. The number of hydrogen-bond donors (Lipinski definition) is 0. The molecule has 3 rings (SSSR count). The molecular weight excluding hydrogens is 550 g/mol. The van der Waals surface area contributed by atoms with E-state index in [-0.39, 0.29) is 0 Å². The molecule has 3 aromatic rings. The van der Waals surface area contributed by atoms with Gasteiger partial charge in [-0.3, -0.25) is 0 Å². The molecule has 220 valence electrons. The van der Waals surface area contributed by atoms with Crippen molar-refractivity contribution >= 4 is 34.0 Å². The number of unbranched alkanes of at least 4 members (excludes halogenated alkanes) is 3. The van der Waals surface area contributed by atoms with Crippen LogP contribution in [0.15, 0.2) is 72.8 Å². The normalized spacial score (nSPS) is 11.1. The number of ether oxygens (including phenoxy) is 3. The average Bonchev–Trinajstić information content (AvgIpc) is 2.96. The number of hydrogen-bond acceptors (Lipinski definition) is 6. The molecule has 6 nitrogen and oxygen atoms in total. The van der Waals surface area contributed by atoms with Crippen LogP contribution in [0.1, 0.15) is 59.3 Å². The number of benzene rings is 3. The first-order chi connectivity index (χ1) is 19.3. The van der Waals surface area contributed by atoms with Gasteiger partial charge in [0.2, 0.25) is 0 Å². The minimum atomic E-state index is -4.58. The van der Waals surface area contributed by atoms with Crippen molar-refractivity contribution in [3.63, 3.8) is 0 Å².